The van der Waals surface area contributed by atoms with E-state index in [9.17, 15) is 0 Å². The van der Waals surface area contributed by atoms with Crippen LogP contribution >= 0.6 is 23.1 Å². The van der Waals surface area contributed by atoms with Crippen molar-refractivity contribution in [3.8, 4) is 0 Å². The maximum absolute atomic E-state index is 4.38. The zero-order valence-corrected chi connectivity index (χ0v) is 11.8. The Kier molecular flexibility index (Phi) is 2.75. The van der Waals surface area contributed by atoms with Gasteiger partial charge in [0.2, 0.25) is 5.82 Å². The molecular weight excluding hydrogens is 268 g/mol. The summed E-state index contributed by atoms with van der Waals surface area (Å²) in [4.78, 5) is 8.71. The summed E-state index contributed by atoms with van der Waals surface area (Å²) in [6.07, 6.45) is 0. The summed E-state index contributed by atoms with van der Waals surface area (Å²) in [7, 11) is 0. The third kappa shape index (κ3) is 2.08. The van der Waals surface area contributed by atoms with E-state index in [-0.39, 0.29) is 0 Å². The topological polar surface area (TPSA) is 71.5 Å². The molecule has 92 valence electrons. The second kappa shape index (κ2) is 4.29. The molecule has 0 unspecified atom stereocenters. The van der Waals surface area contributed by atoms with Gasteiger partial charge in [-0.05, 0) is 25.6 Å². The van der Waals surface area contributed by atoms with Gasteiger partial charge in [-0.1, -0.05) is 21.3 Å². The molecule has 0 saturated heterocycles. The second-order valence-corrected chi connectivity index (χ2v) is 6.32. The highest BCUT2D eigenvalue weighted by molar-refractivity contribution is 8.00. The van der Waals surface area contributed by atoms with E-state index >= 15 is 0 Å². The van der Waals surface area contributed by atoms with Crippen LogP contribution in [0, 0.1) is 20.8 Å². The van der Waals surface area contributed by atoms with Crippen molar-refractivity contribution in [3.05, 3.63) is 22.6 Å². The number of nitrogens with one attached hydrogen (secondary N) is 1. The first-order chi connectivity index (χ1) is 8.61. The number of hydrogen-bond donors (Lipinski definition) is 1. The van der Waals surface area contributed by atoms with E-state index < -0.39 is 0 Å². The molecule has 0 aliphatic heterocycles. The first-order valence-electron chi connectivity index (χ1n) is 5.36. The van der Waals surface area contributed by atoms with Crippen LogP contribution in [0.3, 0.4) is 0 Å². The fraction of sp³-hybridized carbons (Fsp3) is 0.300. The molecule has 6 nitrogen and oxygen atoms in total. The lowest BCUT2D eigenvalue weighted by Crippen LogP contribution is -2.27. The summed E-state index contributed by atoms with van der Waals surface area (Å²) in [6, 6.07) is 2.01. The summed E-state index contributed by atoms with van der Waals surface area (Å²) >= 11 is 3.14. The number of H-pyrrole nitrogens is 1. The van der Waals surface area contributed by atoms with Crippen LogP contribution in [0.25, 0.3) is 5.78 Å². The van der Waals surface area contributed by atoms with E-state index in [2.05, 4.69) is 25.3 Å². The minimum Gasteiger partial charge on any atom is -0.214 e. The first-order valence-corrected chi connectivity index (χ1v) is 6.99. The van der Waals surface area contributed by atoms with Crippen molar-refractivity contribution in [1.29, 1.82) is 0 Å². The fourth-order valence-corrected chi connectivity index (χ4v) is 3.49. The maximum Gasteiger partial charge on any atom is 0.458 e. The van der Waals surface area contributed by atoms with E-state index in [1.54, 1.807) is 23.1 Å². The van der Waals surface area contributed by atoms with Gasteiger partial charge >= 0.3 is 5.78 Å². The van der Waals surface area contributed by atoms with E-state index in [0.717, 1.165) is 25.9 Å². The Labute approximate surface area is 112 Å². The number of rotatable bonds is 2. The fourth-order valence-electron chi connectivity index (χ4n) is 1.58. The average molecular weight is 279 g/mol. The summed E-state index contributed by atoms with van der Waals surface area (Å²) in [5.74, 6) is 1.51. The first kappa shape index (κ1) is 11.5. The standard InChI is InChI=1S/C10H10N6S2/c1-5-4-8(18-10-14-13-7(3)17-10)16-9(11-5)12-6(2)15-16/h4H,1-3H3/p+1. The highest BCUT2D eigenvalue weighted by Crippen LogP contribution is 2.27. The number of aryl methyl sites for hydroxylation is 3. The molecule has 3 heterocycles. The van der Waals surface area contributed by atoms with E-state index in [1.165, 1.54) is 0 Å². The molecule has 3 aromatic heterocycles. The smallest absolute Gasteiger partial charge is 0.214 e. The van der Waals surface area contributed by atoms with Crippen molar-refractivity contribution in [2.75, 3.05) is 0 Å². The Morgan fingerprint density at radius 2 is 2.06 bits per heavy atom. The van der Waals surface area contributed by atoms with Gasteiger partial charge in [0, 0.05) is 13.0 Å². The molecule has 18 heavy (non-hydrogen) atoms. The van der Waals surface area contributed by atoms with Crippen LogP contribution in [0.1, 0.15) is 16.5 Å². The largest absolute Gasteiger partial charge is 0.458 e. The molecule has 3 rings (SSSR count). The molecule has 1 N–H and O–H groups in total. The minimum absolute atomic E-state index is 0.677. The molecule has 0 amide bonds. The van der Waals surface area contributed by atoms with E-state index in [0.29, 0.717) is 5.78 Å². The van der Waals surface area contributed by atoms with Crippen molar-refractivity contribution >= 4 is 28.9 Å². The quantitative estimate of drug-likeness (QED) is 0.568. The Hall–Kier alpha value is -1.54. The van der Waals surface area contributed by atoms with Gasteiger partial charge in [-0.25, -0.2) is 5.10 Å². The average Bonchev–Trinajstić information content (AvgIpc) is 2.84. The van der Waals surface area contributed by atoms with Crippen LogP contribution < -0.4 is 4.52 Å². The van der Waals surface area contributed by atoms with Gasteiger partial charge in [-0.2, -0.15) is 0 Å². The minimum atomic E-state index is 0.677. The normalized spacial score (nSPS) is 11.3. The zero-order chi connectivity index (χ0) is 12.7. The predicted molar refractivity (Wildman–Crippen MR) is 67.8 cm³/mol. The van der Waals surface area contributed by atoms with Crippen molar-refractivity contribution in [1.82, 2.24) is 25.3 Å². The third-order valence-corrected chi connectivity index (χ3v) is 4.17. The van der Waals surface area contributed by atoms with Gasteiger partial charge < -0.3 is 0 Å². The van der Waals surface area contributed by atoms with Crippen molar-refractivity contribution in [3.63, 3.8) is 0 Å². The van der Waals surface area contributed by atoms with Gasteiger partial charge in [0.15, 0.2) is 9.37 Å². The number of fused-ring (bicyclic) bond motifs is 1. The third-order valence-electron chi connectivity index (χ3n) is 2.27. The monoisotopic (exact) mass is 279 g/mol. The van der Waals surface area contributed by atoms with Crippen molar-refractivity contribution in [2.24, 2.45) is 0 Å². The van der Waals surface area contributed by atoms with Crippen molar-refractivity contribution < 1.29 is 4.52 Å². The number of nitrogens with zero attached hydrogens (tertiary/aromatic N) is 5. The molecule has 0 aliphatic carbocycles. The summed E-state index contributed by atoms with van der Waals surface area (Å²) in [5.41, 5.74) is 0.935. The van der Waals surface area contributed by atoms with Crippen LogP contribution in [0.4, 0.5) is 0 Å². The van der Waals surface area contributed by atoms with E-state index in [1.807, 2.05) is 31.4 Å². The molecule has 0 radical (unpaired) electrons. The lowest BCUT2D eigenvalue weighted by molar-refractivity contribution is -0.620. The van der Waals surface area contributed by atoms with Gasteiger partial charge in [0.25, 0.3) is 0 Å². The molecular formula is C10H11N6S2+. The zero-order valence-electron chi connectivity index (χ0n) is 10.1. The van der Waals surface area contributed by atoms with Crippen LogP contribution in [-0.4, -0.2) is 25.3 Å². The molecule has 3 aromatic rings. The summed E-state index contributed by atoms with van der Waals surface area (Å²) in [6.45, 7) is 5.82. The molecule has 0 saturated carbocycles. The highest BCUT2D eigenvalue weighted by atomic mass is 32.2. The Balaban J connectivity index is 2.10. The molecule has 0 fully saturated rings. The van der Waals surface area contributed by atoms with Gasteiger partial charge in [0.05, 0.1) is 0 Å². The molecule has 8 heteroatoms. The van der Waals surface area contributed by atoms with Crippen LogP contribution in [0.15, 0.2) is 15.4 Å². The molecule has 0 aromatic carbocycles. The van der Waals surface area contributed by atoms with Crippen LogP contribution in [0.5, 0.6) is 0 Å². The van der Waals surface area contributed by atoms with Crippen LogP contribution in [0.2, 0.25) is 0 Å². The number of hydrogen-bond acceptors (Lipinski definition) is 6. The van der Waals surface area contributed by atoms with Gasteiger partial charge in [-0.15, -0.1) is 14.7 Å². The lowest BCUT2D eigenvalue weighted by Gasteiger charge is -1.95. The summed E-state index contributed by atoms with van der Waals surface area (Å²) in [5, 5.41) is 13.3. The van der Waals surface area contributed by atoms with Crippen molar-refractivity contribution in [2.45, 2.75) is 30.1 Å². The second-order valence-electron chi connectivity index (χ2n) is 3.87. The summed E-state index contributed by atoms with van der Waals surface area (Å²) < 4.78 is 2.78. The Morgan fingerprint density at radius 1 is 1.22 bits per heavy atom. The highest BCUT2D eigenvalue weighted by Gasteiger charge is 2.18. The molecule has 0 bridgehead atoms. The lowest BCUT2D eigenvalue weighted by atomic mass is 10.5. The molecule has 0 spiro atoms. The maximum atomic E-state index is 4.38. The van der Waals surface area contributed by atoms with Gasteiger partial charge in [-0.3, -0.25) is 0 Å². The Bertz CT molecular complexity index is 716. The van der Waals surface area contributed by atoms with E-state index in [4.69, 9.17) is 0 Å². The predicted octanol–water partition coefficient (Wildman–Crippen LogP) is 1.47. The molecule has 0 atom stereocenters. The van der Waals surface area contributed by atoms with Gasteiger partial charge in [0.1, 0.15) is 10.7 Å². The Morgan fingerprint density at radius 3 is 2.78 bits per heavy atom. The SMILES string of the molecule is Cc1cc(Sc2nnc(C)s2)[n+]2[nH]c(C)nc2n1. The number of aromatic nitrogens is 6. The van der Waals surface area contributed by atoms with Crippen LogP contribution in [-0.2, 0) is 0 Å². The number of aromatic amines is 1. The molecule has 0 aliphatic rings.